The number of rotatable bonds is 3. The van der Waals surface area contributed by atoms with Gasteiger partial charge in [-0.1, -0.05) is 24.3 Å². The highest BCUT2D eigenvalue weighted by Gasteiger charge is 2.34. The molecule has 1 heterocycles. The maximum Gasteiger partial charge on any atom is 0.276 e. The van der Waals surface area contributed by atoms with Gasteiger partial charge in [0, 0.05) is 30.3 Å². The molecule has 1 aliphatic heterocycles. The summed E-state index contributed by atoms with van der Waals surface area (Å²) in [7, 11) is 0. The summed E-state index contributed by atoms with van der Waals surface area (Å²) in [4.78, 5) is 34.7. The molecule has 0 aliphatic carbocycles. The van der Waals surface area contributed by atoms with Gasteiger partial charge in [0.2, 0.25) is 5.91 Å². The molecule has 0 bridgehead atoms. The van der Waals surface area contributed by atoms with Crippen molar-refractivity contribution in [1.82, 2.24) is 10.4 Å². The lowest BCUT2D eigenvalue weighted by atomic mass is 10.0. The standard InChI is InChI=1S/C16H14N4O4/c1-10(21)18-19-15(11-5-4-6-12(9-11)20(23)24)17-14-8-3-2-7-13(14)16(19)22/h2-9,15,17H,1H3,(H,18,21)/t15-/m1/s1. The predicted molar refractivity (Wildman–Crippen MR) is 85.9 cm³/mol. The first-order chi connectivity index (χ1) is 11.5. The number of amides is 2. The number of anilines is 1. The molecule has 122 valence electrons. The van der Waals surface area contributed by atoms with Crippen molar-refractivity contribution in [3.8, 4) is 0 Å². The van der Waals surface area contributed by atoms with Crippen molar-refractivity contribution < 1.29 is 14.5 Å². The van der Waals surface area contributed by atoms with Gasteiger partial charge in [0.1, 0.15) is 6.17 Å². The van der Waals surface area contributed by atoms with Crippen molar-refractivity contribution in [3.63, 3.8) is 0 Å². The second-order valence-corrected chi connectivity index (χ2v) is 5.29. The van der Waals surface area contributed by atoms with Crippen LogP contribution in [0.25, 0.3) is 0 Å². The van der Waals surface area contributed by atoms with Gasteiger partial charge in [-0.3, -0.25) is 25.1 Å². The monoisotopic (exact) mass is 326 g/mol. The first-order valence-electron chi connectivity index (χ1n) is 7.18. The Bertz CT molecular complexity index is 836. The van der Waals surface area contributed by atoms with Gasteiger partial charge in [0.15, 0.2) is 0 Å². The van der Waals surface area contributed by atoms with Crippen LogP contribution in [0, 0.1) is 10.1 Å². The quantitative estimate of drug-likeness (QED) is 0.664. The fourth-order valence-corrected chi connectivity index (χ4v) is 2.58. The van der Waals surface area contributed by atoms with Crippen molar-refractivity contribution in [2.45, 2.75) is 13.1 Å². The highest BCUT2D eigenvalue weighted by atomic mass is 16.6. The van der Waals surface area contributed by atoms with Gasteiger partial charge in [0.25, 0.3) is 11.6 Å². The predicted octanol–water partition coefficient (Wildman–Crippen LogP) is 2.21. The van der Waals surface area contributed by atoms with Gasteiger partial charge in [0.05, 0.1) is 10.5 Å². The van der Waals surface area contributed by atoms with E-state index in [1.165, 1.54) is 25.1 Å². The maximum atomic E-state index is 12.7. The molecule has 2 aromatic rings. The number of hydrogen-bond acceptors (Lipinski definition) is 5. The van der Waals surface area contributed by atoms with Crippen molar-refractivity contribution in [2.24, 2.45) is 0 Å². The lowest BCUT2D eigenvalue weighted by molar-refractivity contribution is -0.384. The van der Waals surface area contributed by atoms with Gasteiger partial charge in [-0.2, -0.15) is 0 Å². The molecule has 0 fully saturated rings. The smallest absolute Gasteiger partial charge is 0.276 e. The summed E-state index contributed by atoms with van der Waals surface area (Å²) in [5.41, 5.74) is 3.88. The molecule has 2 amide bonds. The van der Waals surface area contributed by atoms with Crippen LogP contribution in [0.15, 0.2) is 48.5 Å². The van der Waals surface area contributed by atoms with E-state index in [2.05, 4.69) is 10.7 Å². The highest BCUT2D eigenvalue weighted by Crippen LogP contribution is 2.32. The minimum Gasteiger partial charge on any atom is -0.359 e. The first-order valence-corrected chi connectivity index (χ1v) is 7.18. The van der Waals surface area contributed by atoms with Crippen LogP contribution in [0.4, 0.5) is 11.4 Å². The molecule has 1 atom stereocenters. The summed E-state index contributed by atoms with van der Waals surface area (Å²) in [6.07, 6.45) is -0.754. The van der Waals surface area contributed by atoms with E-state index in [0.717, 1.165) is 5.01 Å². The van der Waals surface area contributed by atoms with Crippen molar-refractivity contribution in [1.29, 1.82) is 0 Å². The molecule has 1 aliphatic rings. The third kappa shape index (κ3) is 2.76. The summed E-state index contributed by atoms with van der Waals surface area (Å²) in [6, 6.07) is 12.8. The Kier molecular flexibility index (Phi) is 3.87. The summed E-state index contributed by atoms with van der Waals surface area (Å²) >= 11 is 0. The van der Waals surface area contributed by atoms with Gasteiger partial charge in [-0.25, -0.2) is 5.01 Å². The van der Waals surface area contributed by atoms with E-state index in [4.69, 9.17) is 0 Å². The van der Waals surface area contributed by atoms with Crippen LogP contribution >= 0.6 is 0 Å². The SMILES string of the molecule is CC(=O)NN1C(=O)c2ccccc2N[C@H]1c1cccc([N+](=O)[O-])c1. The molecule has 0 spiro atoms. The number of benzene rings is 2. The summed E-state index contributed by atoms with van der Waals surface area (Å²) in [5, 5.41) is 15.3. The van der Waals surface area contributed by atoms with E-state index in [1.54, 1.807) is 30.3 Å². The minimum absolute atomic E-state index is 0.0941. The van der Waals surface area contributed by atoms with Gasteiger partial charge in [-0.05, 0) is 12.1 Å². The van der Waals surface area contributed by atoms with Crippen molar-refractivity contribution >= 4 is 23.2 Å². The Morgan fingerprint density at radius 2 is 2.00 bits per heavy atom. The van der Waals surface area contributed by atoms with Crippen LogP contribution in [-0.2, 0) is 4.79 Å². The molecular weight excluding hydrogens is 312 g/mol. The van der Waals surface area contributed by atoms with E-state index < -0.39 is 22.9 Å². The second kappa shape index (κ2) is 5.99. The number of hydrazine groups is 1. The molecule has 0 aromatic heterocycles. The number of nitro groups is 1. The number of nitrogens with one attached hydrogen (secondary N) is 2. The number of nitrogens with zero attached hydrogens (tertiary/aromatic N) is 2. The Labute approximate surface area is 137 Å². The first kappa shape index (κ1) is 15.5. The maximum absolute atomic E-state index is 12.7. The van der Waals surface area contributed by atoms with Gasteiger partial charge >= 0.3 is 0 Å². The molecule has 8 nitrogen and oxygen atoms in total. The topological polar surface area (TPSA) is 105 Å². The van der Waals surface area contributed by atoms with Crippen LogP contribution in [0.1, 0.15) is 29.0 Å². The van der Waals surface area contributed by atoms with Gasteiger partial charge in [-0.15, -0.1) is 0 Å². The number of para-hydroxylation sites is 1. The zero-order chi connectivity index (χ0) is 17.3. The van der Waals surface area contributed by atoms with Crippen LogP contribution < -0.4 is 10.7 Å². The Morgan fingerprint density at radius 3 is 2.71 bits per heavy atom. The van der Waals surface area contributed by atoms with E-state index in [0.29, 0.717) is 16.8 Å². The Morgan fingerprint density at radius 1 is 1.25 bits per heavy atom. The summed E-state index contributed by atoms with van der Waals surface area (Å²) < 4.78 is 0. The Balaban J connectivity index is 2.07. The third-order valence-electron chi connectivity index (χ3n) is 3.60. The second-order valence-electron chi connectivity index (χ2n) is 5.29. The zero-order valence-electron chi connectivity index (χ0n) is 12.7. The molecule has 0 unspecified atom stereocenters. The molecule has 8 heteroatoms. The highest BCUT2D eigenvalue weighted by molar-refractivity contribution is 6.02. The number of nitro benzene ring substituents is 1. The molecule has 2 N–H and O–H groups in total. The average Bonchev–Trinajstić information content (AvgIpc) is 2.57. The summed E-state index contributed by atoms with van der Waals surface area (Å²) in [5.74, 6) is -0.809. The lowest BCUT2D eigenvalue weighted by Crippen LogP contribution is -2.52. The fraction of sp³-hybridized carbons (Fsp3) is 0.125. The van der Waals surface area contributed by atoms with Gasteiger partial charge < -0.3 is 5.32 Å². The summed E-state index contributed by atoms with van der Waals surface area (Å²) in [6.45, 7) is 1.29. The van der Waals surface area contributed by atoms with Crippen LogP contribution in [0.3, 0.4) is 0 Å². The van der Waals surface area contributed by atoms with Crippen molar-refractivity contribution in [2.75, 3.05) is 5.32 Å². The molecule has 0 saturated heterocycles. The zero-order valence-corrected chi connectivity index (χ0v) is 12.7. The molecule has 2 aromatic carbocycles. The molecule has 0 saturated carbocycles. The fourth-order valence-electron chi connectivity index (χ4n) is 2.58. The molecule has 0 radical (unpaired) electrons. The normalized spacial score (nSPS) is 16.1. The lowest BCUT2D eigenvalue weighted by Gasteiger charge is -2.37. The largest absolute Gasteiger partial charge is 0.359 e. The van der Waals surface area contributed by atoms with E-state index in [-0.39, 0.29) is 5.69 Å². The van der Waals surface area contributed by atoms with Crippen LogP contribution in [0.2, 0.25) is 0 Å². The number of carbonyl (C=O) groups excluding carboxylic acids is 2. The molecule has 24 heavy (non-hydrogen) atoms. The van der Waals surface area contributed by atoms with E-state index >= 15 is 0 Å². The number of non-ortho nitro benzene ring substituents is 1. The number of fused-ring (bicyclic) bond motifs is 1. The number of carbonyl (C=O) groups is 2. The number of hydrogen-bond donors (Lipinski definition) is 2. The molecule has 3 rings (SSSR count). The Hall–Kier alpha value is -3.42. The third-order valence-corrected chi connectivity index (χ3v) is 3.60. The van der Waals surface area contributed by atoms with E-state index in [1.807, 2.05) is 0 Å². The average molecular weight is 326 g/mol. The van der Waals surface area contributed by atoms with Crippen molar-refractivity contribution in [3.05, 3.63) is 69.8 Å². The van der Waals surface area contributed by atoms with E-state index in [9.17, 15) is 19.7 Å². The van der Waals surface area contributed by atoms with Crippen LogP contribution in [-0.4, -0.2) is 21.7 Å². The van der Waals surface area contributed by atoms with Crippen LogP contribution in [0.5, 0.6) is 0 Å². The molecular formula is C16H14N4O4. The minimum atomic E-state index is -0.754.